The van der Waals surface area contributed by atoms with Gasteiger partial charge in [0.05, 0.1) is 37.0 Å². The Labute approximate surface area is 224 Å². The molecule has 0 bridgehead atoms. The van der Waals surface area contributed by atoms with Gasteiger partial charge in [-0.25, -0.2) is 19.3 Å². The summed E-state index contributed by atoms with van der Waals surface area (Å²) >= 11 is 3.18. The minimum Gasteiger partial charge on any atom is -0.353 e. The number of carbonyl (C=O) groups excluding carboxylic acids is 3. The number of rotatable bonds is 7. The first kappa shape index (κ1) is 25.4. The number of likely N-dealkylation sites (tertiary alicyclic amines) is 1. The molecule has 3 aromatic heterocycles. The fourth-order valence-electron chi connectivity index (χ4n) is 4.47. The molecule has 0 unspecified atom stereocenters. The van der Waals surface area contributed by atoms with Gasteiger partial charge in [-0.15, -0.1) is 0 Å². The van der Waals surface area contributed by atoms with Crippen molar-refractivity contribution in [2.24, 2.45) is 0 Å². The fourth-order valence-corrected chi connectivity index (χ4v) is 4.78. The second-order valence-electron chi connectivity index (χ2n) is 8.82. The van der Waals surface area contributed by atoms with Gasteiger partial charge in [0.25, 0.3) is 0 Å². The number of hydrogen-bond donors (Lipinski definition) is 2. The largest absolute Gasteiger partial charge is 0.353 e. The van der Waals surface area contributed by atoms with E-state index in [4.69, 9.17) is 0 Å². The van der Waals surface area contributed by atoms with Crippen molar-refractivity contribution in [3.63, 3.8) is 0 Å². The number of amides is 2. The van der Waals surface area contributed by atoms with Crippen molar-refractivity contribution in [2.45, 2.75) is 32.1 Å². The number of aromatic nitrogens is 5. The number of hydrogen-bond acceptors (Lipinski definition) is 8. The Morgan fingerprint density at radius 2 is 1.89 bits per heavy atom. The molecule has 4 heterocycles. The molecule has 1 saturated heterocycles. The van der Waals surface area contributed by atoms with E-state index >= 15 is 0 Å². The Bertz CT molecular complexity index is 1530. The van der Waals surface area contributed by atoms with E-state index in [-0.39, 0.29) is 31.1 Å². The summed E-state index contributed by atoms with van der Waals surface area (Å²) in [6, 6.07) is 4.40. The number of anilines is 3. The van der Waals surface area contributed by atoms with Gasteiger partial charge in [-0.05, 0) is 41.1 Å². The molecule has 1 aliphatic heterocycles. The lowest BCUT2D eigenvalue weighted by molar-refractivity contribution is -0.137. The molecule has 2 N–H and O–H groups in total. The van der Waals surface area contributed by atoms with Crippen LogP contribution in [0.5, 0.6) is 0 Å². The highest BCUT2D eigenvalue weighted by Gasteiger charge is 2.40. The predicted molar refractivity (Wildman–Crippen MR) is 141 cm³/mol. The Morgan fingerprint density at radius 1 is 1.11 bits per heavy atom. The van der Waals surface area contributed by atoms with Gasteiger partial charge in [-0.3, -0.25) is 19.4 Å². The highest BCUT2D eigenvalue weighted by Crippen LogP contribution is 2.28. The Kier molecular flexibility index (Phi) is 7.09. The minimum absolute atomic E-state index is 0.123. The Balaban J connectivity index is 1.38. The molecule has 1 aliphatic rings. The van der Waals surface area contributed by atoms with Crippen molar-refractivity contribution in [3.8, 4) is 0 Å². The molecule has 0 radical (unpaired) electrons. The van der Waals surface area contributed by atoms with Gasteiger partial charge in [0.2, 0.25) is 11.8 Å². The standard InChI is InChI=1S/C25H22BrFN8O3/c1-14(36)19-11-34(20-3-2-16(5-18(19)20)31-17-6-29-13-30-7-17)12-24(37)35-10-15(27)4-21(35)25(38)33-23-9-28-8-22(26)32-23/h2-3,5-9,11,13,15,21,31H,4,10,12H2,1H3,(H,32,33,38)/t15-,21+/m1/s1. The number of nitrogens with zero attached hydrogens (tertiary/aromatic N) is 6. The highest BCUT2D eigenvalue weighted by molar-refractivity contribution is 9.10. The van der Waals surface area contributed by atoms with Gasteiger partial charge in [0.15, 0.2) is 11.6 Å². The van der Waals surface area contributed by atoms with Gasteiger partial charge in [0.1, 0.15) is 29.7 Å². The number of alkyl halides is 1. The second-order valence-corrected chi connectivity index (χ2v) is 9.63. The summed E-state index contributed by atoms with van der Waals surface area (Å²) in [5.74, 6) is -0.971. The van der Waals surface area contributed by atoms with Crippen LogP contribution in [-0.4, -0.2) is 65.8 Å². The summed E-state index contributed by atoms with van der Waals surface area (Å²) in [5, 5.41) is 6.43. The van der Waals surface area contributed by atoms with Gasteiger partial charge in [-0.2, -0.15) is 0 Å². The number of Topliss-reactive ketones (excluding diaryl/α,β-unsaturated/α-hetero) is 1. The fraction of sp³-hybridized carbons (Fsp3) is 0.240. The molecule has 194 valence electrons. The maximum atomic E-state index is 14.4. The average molecular weight is 581 g/mol. The maximum absolute atomic E-state index is 14.4. The molecule has 4 aromatic rings. The summed E-state index contributed by atoms with van der Waals surface area (Å²) in [6.07, 6.45) is 7.64. The van der Waals surface area contributed by atoms with E-state index in [1.54, 1.807) is 29.2 Å². The van der Waals surface area contributed by atoms with E-state index in [2.05, 4.69) is 46.5 Å². The molecule has 0 saturated carbocycles. The Morgan fingerprint density at radius 3 is 2.63 bits per heavy atom. The maximum Gasteiger partial charge on any atom is 0.248 e. The molecule has 13 heteroatoms. The molecule has 38 heavy (non-hydrogen) atoms. The lowest BCUT2D eigenvalue weighted by Gasteiger charge is -2.24. The van der Waals surface area contributed by atoms with Crippen molar-refractivity contribution in [1.29, 1.82) is 0 Å². The summed E-state index contributed by atoms with van der Waals surface area (Å²) in [4.78, 5) is 55.9. The van der Waals surface area contributed by atoms with Crippen molar-refractivity contribution in [1.82, 2.24) is 29.4 Å². The number of carbonyl (C=O) groups is 3. The monoisotopic (exact) mass is 580 g/mol. The zero-order valence-electron chi connectivity index (χ0n) is 20.1. The van der Waals surface area contributed by atoms with Crippen molar-refractivity contribution >= 4 is 61.6 Å². The van der Waals surface area contributed by atoms with Gasteiger partial charge in [-0.1, -0.05) is 0 Å². The normalized spacial score (nSPS) is 17.0. The van der Waals surface area contributed by atoms with Gasteiger partial charge < -0.3 is 20.1 Å². The third kappa shape index (κ3) is 5.37. The first-order valence-corrected chi connectivity index (χ1v) is 12.5. The Hall–Kier alpha value is -4.26. The van der Waals surface area contributed by atoms with Crippen LogP contribution < -0.4 is 10.6 Å². The molecule has 1 fully saturated rings. The summed E-state index contributed by atoms with van der Waals surface area (Å²) in [5.41, 5.74) is 2.48. The van der Waals surface area contributed by atoms with E-state index < -0.39 is 24.0 Å². The van der Waals surface area contributed by atoms with Crippen LogP contribution in [0, 0.1) is 0 Å². The van der Waals surface area contributed by atoms with Crippen LogP contribution in [0.15, 0.2) is 60.1 Å². The van der Waals surface area contributed by atoms with Gasteiger partial charge in [0, 0.05) is 34.8 Å². The average Bonchev–Trinajstić information content (AvgIpc) is 3.45. The third-order valence-corrected chi connectivity index (χ3v) is 6.53. The number of ketones is 1. The summed E-state index contributed by atoms with van der Waals surface area (Å²) in [6.45, 7) is 1.08. The zero-order valence-corrected chi connectivity index (χ0v) is 21.7. The first-order chi connectivity index (χ1) is 18.3. The molecule has 11 nitrogen and oxygen atoms in total. The van der Waals surface area contributed by atoms with E-state index in [0.29, 0.717) is 32.4 Å². The molecule has 1 aromatic carbocycles. The first-order valence-electron chi connectivity index (χ1n) is 11.7. The van der Waals surface area contributed by atoms with E-state index in [1.165, 1.54) is 30.5 Å². The smallest absolute Gasteiger partial charge is 0.248 e. The lowest BCUT2D eigenvalue weighted by Crippen LogP contribution is -2.44. The molecule has 2 amide bonds. The topological polar surface area (TPSA) is 135 Å². The van der Waals surface area contributed by atoms with Crippen LogP contribution in [0.25, 0.3) is 10.9 Å². The van der Waals surface area contributed by atoms with Crippen molar-refractivity contribution in [3.05, 3.63) is 65.7 Å². The summed E-state index contributed by atoms with van der Waals surface area (Å²) < 4.78 is 16.5. The number of halogens is 2. The van der Waals surface area contributed by atoms with Crippen molar-refractivity contribution < 1.29 is 18.8 Å². The molecule has 0 spiro atoms. The SMILES string of the molecule is CC(=O)c1cn(CC(=O)N2C[C@H](F)C[C@H]2C(=O)Nc2cncc(Br)n2)c2ccc(Nc3cncnc3)cc12. The van der Waals surface area contributed by atoms with E-state index in [9.17, 15) is 18.8 Å². The van der Waals surface area contributed by atoms with Crippen LogP contribution in [0.1, 0.15) is 23.7 Å². The molecular formula is C25H22BrFN8O3. The van der Waals surface area contributed by atoms with Crippen LogP contribution in [0.3, 0.4) is 0 Å². The van der Waals surface area contributed by atoms with E-state index in [1.807, 2.05) is 12.1 Å². The predicted octanol–water partition coefficient (Wildman–Crippen LogP) is 3.51. The zero-order chi connectivity index (χ0) is 26.8. The number of benzene rings is 1. The van der Waals surface area contributed by atoms with Gasteiger partial charge >= 0.3 is 0 Å². The van der Waals surface area contributed by atoms with E-state index in [0.717, 1.165) is 0 Å². The second kappa shape index (κ2) is 10.6. The highest BCUT2D eigenvalue weighted by atomic mass is 79.9. The summed E-state index contributed by atoms with van der Waals surface area (Å²) in [7, 11) is 0. The third-order valence-electron chi connectivity index (χ3n) is 6.14. The molecule has 0 aliphatic carbocycles. The van der Waals surface area contributed by atoms with Crippen LogP contribution in [-0.2, 0) is 16.1 Å². The quantitative estimate of drug-likeness (QED) is 0.317. The number of nitrogens with one attached hydrogen (secondary N) is 2. The molecule has 5 rings (SSSR count). The van der Waals surface area contributed by atoms with Crippen LogP contribution in [0.2, 0.25) is 0 Å². The van der Waals surface area contributed by atoms with Crippen molar-refractivity contribution in [2.75, 3.05) is 17.2 Å². The molecule has 2 atom stereocenters. The van der Waals surface area contributed by atoms with Crippen LogP contribution in [0.4, 0.5) is 21.6 Å². The number of fused-ring (bicyclic) bond motifs is 1. The molecular weight excluding hydrogens is 559 g/mol. The lowest BCUT2D eigenvalue weighted by atomic mass is 10.1. The van der Waals surface area contributed by atoms with Crippen LogP contribution >= 0.6 is 15.9 Å². The minimum atomic E-state index is -1.34.